The van der Waals surface area contributed by atoms with Crippen LogP contribution in [0.3, 0.4) is 0 Å². The van der Waals surface area contributed by atoms with Gasteiger partial charge in [0, 0.05) is 6.42 Å². The Morgan fingerprint density at radius 2 is 1.86 bits per heavy atom. The number of allylic oxidation sites excluding steroid dienone is 4. The van der Waals surface area contributed by atoms with Crippen LogP contribution in [0.1, 0.15) is 66.7 Å². The standard InChI is InChI=1S/C20H34O2/c1-15(2)18-10-9-16(3)7-6-8-17(4)13-19(21)14-20(5,22)12-11-18/h7,11-13,15,18-19,21-22H,6,8-10,14H2,1-5H3/b12-11+,16-7+,17-13+/t18-,19+,20?/m1/s1. The van der Waals surface area contributed by atoms with Gasteiger partial charge in [-0.15, -0.1) is 0 Å². The van der Waals surface area contributed by atoms with E-state index >= 15 is 0 Å². The van der Waals surface area contributed by atoms with Crippen molar-refractivity contribution in [3.8, 4) is 0 Å². The number of aliphatic hydroxyl groups excluding tert-OH is 1. The van der Waals surface area contributed by atoms with Crippen molar-refractivity contribution in [2.24, 2.45) is 11.8 Å². The van der Waals surface area contributed by atoms with Crippen LogP contribution >= 0.6 is 0 Å². The van der Waals surface area contributed by atoms with Gasteiger partial charge in [-0.1, -0.05) is 49.3 Å². The molecule has 0 bridgehead atoms. The molecular weight excluding hydrogens is 272 g/mol. The molecular formula is C20H34O2. The summed E-state index contributed by atoms with van der Waals surface area (Å²) in [6.07, 6.45) is 12.2. The first-order valence-corrected chi connectivity index (χ1v) is 8.62. The number of rotatable bonds is 1. The van der Waals surface area contributed by atoms with Crippen molar-refractivity contribution in [1.82, 2.24) is 0 Å². The molecule has 1 rings (SSSR count). The summed E-state index contributed by atoms with van der Waals surface area (Å²) in [6, 6.07) is 0. The van der Waals surface area contributed by atoms with Gasteiger partial charge >= 0.3 is 0 Å². The molecule has 2 heteroatoms. The topological polar surface area (TPSA) is 40.5 Å². The van der Waals surface area contributed by atoms with Crippen molar-refractivity contribution in [2.75, 3.05) is 0 Å². The van der Waals surface area contributed by atoms with Gasteiger partial charge in [0.05, 0.1) is 11.7 Å². The van der Waals surface area contributed by atoms with Crippen LogP contribution in [0.15, 0.2) is 35.5 Å². The Morgan fingerprint density at radius 1 is 1.18 bits per heavy atom. The van der Waals surface area contributed by atoms with Crippen molar-refractivity contribution in [3.05, 3.63) is 35.5 Å². The van der Waals surface area contributed by atoms with Crippen LogP contribution in [0.4, 0.5) is 0 Å². The Morgan fingerprint density at radius 3 is 2.50 bits per heavy atom. The lowest BCUT2D eigenvalue weighted by molar-refractivity contribution is 0.0565. The fourth-order valence-electron chi connectivity index (χ4n) is 2.99. The zero-order valence-corrected chi connectivity index (χ0v) is 15.0. The maximum atomic E-state index is 10.5. The second-order valence-corrected chi connectivity index (χ2v) is 7.54. The van der Waals surface area contributed by atoms with E-state index in [1.165, 1.54) is 11.1 Å². The van der Waals surface area contributed by atoms with E-state index in [-0.39, 0.29) is 0 Å². The summed E-state index contributed by atoms with van der Waals surface area (Å²) in [7, 11) is 0. The molecule has 0 aromatic carbocycles. The predicted molar refractivity (Wildman–Crippen MR) is 94.7 cm³/mol. The van der Waals surface area contributed by atoms with E-state index in [9.17, 15) is 10.2 Å². The summed E-state index contributed by atoms with van der Waals surface area (Å²) in [5, 5.41) is 20.7. The first-order valence-electron chi connectivity index (χ1n) is 8.62. The molecule has 0 heterocycles. The van der Waals surface area contributed by atoms with Gasteiger partial charge in [0.1, 0.15) is 0 Å². The average molecular weight is 306 g/mol. The smallest absolute Gasteiger partial charge is 0.0827 e. The molecule has 0 aliphatic heterocycles. The highest BCUT2D eigenvalue weighted by molar-refractivity contribution is 5.10. The van der Waals surface area contributed by atoms with E-state index in [0.717, 1.165) is 25.7 Å². The third-order valence-electron chi connectivity index (χ3n) is 4.56. The van der Waals surface area contributed by atoms with Crippen molar-refractivity contribution in [2.45, 2.75) is 78.4 Å². The molecule has 0 saturated heterocycles. The zero-order valence-electron chi connectivity index (χ0n) is 15.0. The average Bonchev–Trinajstić information content (AvgIpc) is 2.36. The fraction of sp³-hybridized carbons (Fsp3) is 0.700. The lowest BCUT2D eigenvalue weighted by atomic mass is 9.86. The van der Waals surface area contributed by atoms with Gasteiger partial charge in [-0.2, -0.15) is 0 Å². The molecule has 2 nitrogen and oxygen atoms in total. The summed E-state index contributed by atoms with van der Waals surface area (Å²) in [4.78, 5) is 0. The van der Waals surface area contributed by atoms with Crippen molar-refractivity contribution >= 4 is 0 Å². The first kappa shape index (κ1) is 19.2. The van der Waals surface area contributed by atoms with Crippen LogP contribution in [-0.2, 0) is 0 Å². The first-order chi connectivity index (χ1) is 10.2. The van der Waals surface area contributed by atoms with Crippen LogP contribution in [0.5, 0.6) is 0 Å². The SMILES string of the molecule is C/C1=C\[C@H](O)CC(C)(O)/C=C/[C@H](C(C)C)CC/C(C)=C/CC1. The van der Waals surface area contributed by atoms with Crippen molar-refractivity contribution < 1.29 is 10.2 Å². The molecule has 0 aromatic heterocycles. The van der Waals surface area contributed by atoms with Gasteiger partial charge in [0.25, 0.3) is 0 Å². The van der Waals surface area contributed by atoms with Crippen molar-refractivity contribution in [3.63, 3.8) is 0 Å². The monoisotopic (exact) mass is 306 g/mol. The summed E-state index contributed by atoms with van der Waals surface area (Å²) in [5.41, 5.74) is 1.67. The number of aliphatic hydroxyl groups is 2. The van der Waals surface area contributed by atoms with Gasteiger partial charge in [0.2, 0.25) is 0 Å². The molecule has 0 fully saturated rings. The molecule has 0 amide bonds. The maximum Gasteiger partial charge on any atom is 0.0827 e. The Balaban J connectivity index is 2.97. The van der Waals surface area contributed by atoms with E-state index in [2.05, 4.69) is 39.8 Å². The lowest BCUT2D eigenvalue weighted by Crippen LogP contribution is -2.27. The van der Waals surface area contributed by atoms with Crippen LogP contribution in [0.25, 0.3) is 0 Å². The second-order valence-electron chi connectivity index (χ2n) is 7.54. The summed E-state index contributed by atoms with van der Waals surface area (Å²) < 4.78 is 0. The van der Waals surface area contributed by atoms with Gasteiger partial charge in [-0.05, 0) is 58.3 Å². The van der Waals surface area contributed by atoms with Gasteiger partial charge in [-0.25, -0.2) is 0 Å². The van der Waals surface area contributed by atoms with Crippen molar-refractivity contribution in [1.29, 1.82) is 0 Å². The summed E-state index contributed by atoms with van der Waals surface area (Å²) in [6.45, 7) is 10.5. The molecule has 0 spiro atoms. The third kappa shape index (κ3) is 7.42. The number of hydrogen-bond acceptors (Lipinski definition) is 2. The second kappa shape index (κ2) is 8.69. The van der Waals surface area contributed by atoms with Crippen LogP contribution in [0, 0.1) is 11.8 Å². The highest BCUT2D eigenvalue weighted by Crippen LogP contribution is 2.25. The maximum absolute atomic E-state index is 10.5. The minimum absolute atomic E-state index is 0.348. The molecule has 22 heavy (non-hydrogen) atoms. The molecule has 0 radical (unpaired) electrons. The minimum atomic E-state index is -0.960. The Bertz CT molecular complexity index is 427. The van der Waals surface area contributed by atoms with Gasteiger partial charge in [0.15, 0.2) is 0 Å². The molecule has 1 unspecified atom stereocenters. The molecule has 1 aliphatic rings. The highest BCUT2D eigenvalue weighted by Gasteiger charge is 2.21. The highest BCUT2D eigenvalue weighted by atomic mass is 16.3. The summed E-state index contributed by atoms with van der Waals surface area (Å²) >= 11 is 0. The zero-order chi connectivity index (χ0) is 16.8. The molecule has 126 valence electrons. The molecule has 0 aromatic rings. The normalized spacial score (nSPS) is 38.5. The lowest BCUT2D eigenvalue weighted by Gasteiger charge is -2.24. The van der Waals surface area contributed by atoms with E-state index in [4.69, 9.17) is 0 Å². The van der Waals surface area contributed by atoms with E-state index in [1.807, 2.05) is 12.2 Å². The van der Waals surface area contributed by atoms with E-state index in [1.54, 1.807) is 6.92 Å². The quantitative estimate of drug-likeness (QED) is 0.684. The molecule has 1 aliphatic carbocycles. The third-order valence-corrected chi connectivity index (χ3v) is 4.56. The van der Waals surface area contributed by atoms with Gasteiger partial charge in [-0.3, -0.25) is 0 Å². The summed E-state index contributed by atoms with van der Waals surface area (Å²) in [5.74, 6) is 1.02. The molecule has 2 N–H and O–H groups in total. The predicted octanol–water partition coefficient (Wildman–Crippen LogP) is 4.78. The minimum Gasteiger partial charge on any atom is -0.389 e. The Hall–Kier alpha value is -0.860. The molecule has 3 atom stereocenters. The molecule has 0 saturated carbocycles. The Kier molecular flexibility index (Phi) is 7.58. The number of hydrogen-bond donors (Lipinski definition) is 2. The van der Waals surface area contributed by atoms with Gasteiger partial charge < -0.3 is 10.2 Å². The van der Waals surface area contributed by atoms with Crippen LogP contribution in [0.2, 0.25) is 0 Å². The van der Waals surface area contributed by atoms with Crippen LogP contribution < -0.4 is 0 Å². The fourth-order valence-corrected chi connectivity index (χ4v) is 2.99. The van der Waals surface area contributed by atoms with E-state index in [0.29, 0.717) is 18.3 Å². The van der Waals surface area contributed by atoms with Crippen LogP contribution in [-0.4, -0.2) is 21.9 Å². The van der Waals surface area contributed by atoms with E-state index < -0.39 is 11.7 Å². The Labute approximate surface area is 136 Å². The largest absolute Gasteiger partial charge is 0.389 e.